The van der Waals surface area contributed by atoms with E-state index in [9.17, 15) is 29.4 Å². The first-order valence-electron chi connectivity index (χ1n) is 9.80. The van der Waals surface area contributed by atoms with E-state index >= 15 is 0 Å². The van der Waals surface area contributed by atoms with Crippen molar-refractivity contribution in [2.45, 2.75) is 71.2 Å². The van der Waals surface area contributed by atoms with Gasteiger partial charge in [0.05, 0.1) is 0 Å². The third-order valence-corrected chi connectivity index (χ3v) is 4.56. The molecule has 1 aliphatic heterocycles. The smallest absolute Gasteiger partial charge is 0.408 e. The average Bonchev–Trinajstić information content (AvgIpc) is 2.94. The quantitative estimate of drug-likeness (QED) is 0.349. The van der Waals surface area contributed by atoms with E-state index < -0.39 is 47.0 Å². The van der Waals surface area contributed by atoms with E-state index in [0.717, 1.165) is 4.90 Å². The van der Waals surface area contributed by atoms with Gasteiger partial charge in [0.2, 0.25) is 11.8 Å². The van der Waals surface area contributed by atoms with Gasteiger partial charge >= 0.3 is 12.1 Å². The first-order chi connectivity index (χ1) is 14.2. The number of esters is 1. The molecule has 1 aromatic carbocycles. The number of imide groups is 1. The fraction of sp³-hybridized carbons (Fsp3) is 0.524. The molecule has 0 aliphatic carbocycles. The number of likely N-dealkylation sites (tertiary alicyclic amines) is 1. The summed E-state index contributed by atoms with van der Waals surface area (Å²) in [5.41, 5.74) is -2.09. The normalized spacial score (nSPS) is 17.1. The molecule has 2 rings (SSSR count). The van der Waals surface area contributed by atoms with Gasteiger partial charge in [0.25, 0.3) is 0 Å². The number of benzene rings is 1. The highest BCUT2D eigenvalue weighted by Crippen LogP contribution is 2.28. The lowest BCUT2D eigenvalue weighted by molar-refractivity contribution is -0.170. The van der Waals surface area contributed by atoms with Crippen molar-refractivity contribution in [3.8, 4) is 11.5 Å². The number of rotatable bonds is 6. The molecular formula is C21H28N2O8. The van der Waals surface area contributed by atoms with Crippen molar-refractivity contribution in [1.82, 2.24) is 10.2 Å². The summed E-state index contributed by atoms with van der Waals surface area (Å²) in [6.07, 6.45) is -2.09. The fourth-order valence-corrected chi connectivity index (χ4v) is 3.12. The van der Waals surface area contributed by atoms with E-state index in [1.165, 1.54) is 32.0 Å². The van der Waals surface area contributed by atoms with Gasteiger partial charge < -0.3 is 25.0 Å². The maximum Gasteiger partial charge on any atom is 0.408 e. The van der Waals surface area contributed by atoms with E-state index in [1.807, 2.05) is 0 Å². The molecule has 0 bridgehead atoms. The standard InChI is InChI=1S/C21H28N2O8/c1-12(23-16(26)8-9-17(23)27)30-18(28)21(5,22-19(29)31-20(2,3)4)11-13-6-7-14(24)15(25)10-13/h6-7,10,12,24-25H,8-9,11H2,1-5H3,(H,22,29)/t12?,21-/m0/s1. The molecule has 10 nitrogen and oxygen atoms in total. The Morgan fingerprint density at radius 2 is 1.68 bits per heavy atom. The zero-order valence-corrected chi connectivity index (χ0v) is 18.2. The van der Waals surface area contributed by atoms with Crippen LogP contribution in [-0.4, -0.2) is 56.4 Å². The molecule has 1 heterocycles. The van der Waals surface area contributed by atoms with Crippen molar-refractivity contribution in [1.29, 1.82) is 0 Å². The van der Waals surface area contributed by atoms with Crippen LogP contribution in [0, 0.1) is 0 Å². The lowest BCUT2D eigenvalue weighted by Gasteiger charge is -2.32. The first kappa shape index (κ1) is 24.0. The lowest BCUT2D eigenvalue weighted by atomic mass is 9.92. The van der Waals surface area contributed by atoms with Crippen LogP contribution in [-0.2, 0) is 30.3 Å². The van der Waals surface area contributed by atoms with Gasteiger partial charge in [-0.05, 0) is 52.3 Å². The van der Waals surface area contributed by atoms with Crippen LogP contribution in [0.1, 0.15) is 53.0 Å². The maximum atomic E-state index is 13.0. The molecule has 0 aromatic heterocycles. The topological polar surface area (TPSA) is 142 Å². The summed E-state index contributed by atoms with van der Waals surface area (Å²) in [7, 11) is 0. The number of nitrogens with one attached hydrogen (secondary N) is 1. The summed E-state index contributed by atoms with van der Waals surface area (Å²) in [5.74, 6) is -2.54. The second kappa shape index (κ2) is 8.83. The van der Waals surface area contributed by atoms with E-state index in [-0.39, 0.29) is 25.0 Å². The second-order valence-corrected chi connectivity index (χ2v) is 8.62. The number of carbonyl (C=O) groups excluding carboxylic acids is 4. The van der Waals surface area contributed by atoms with Crippen molar-refractivity contribution >= 4 is 23.9 Å². The molecule has 0 radical (unpaired) electrons. The predicted molar refractivity (Wildman–Crippen MR) is 108 cm³/mol. The highest BCUT2D eigenvalue weighted by Gasteiger charge is 2.42. The average molecular weight is 436 g/mol. The molecule has 10 heteroatoms. The molecule has 0 spiro atoms. The molecular weight excluding hydrogens is 408 g/mol. The van der Waals surface area contributed by atoms with E-state index in [1.54, 1.807) is 20.8 Å². The molecule has 1 unspecified atom stereocenters. The highest BCUT2D eigenvalue weighted by molar-refractivity contribution is 6.02. The predicted octanol–water partition coefficient (Wildman–Crippen LogP) is 1.96. The Balaban J connectivity index is 2.27. The van der Waals surface area contributed by atoms with Gasteiger partial charge in [0.15, 0.2) is 17.7 Å². The summed E-state index contributed by atoms with van der Waals surface area (Å²) in [6, 6.07) is 3.96. The van der Waals surface area contributed by atoms with Crippen molar-refractivity contribution in [2.75, 3.05) is 0 Å². The summed E-state index contributed by atoms with van der Waals surface area (Å²) in [5, 5.41) is 21.8. The van der Waals surface area contributed by atoms with Crippen molar-refractivity contribution in [3.05, 3.63) is 23.8 Å². The maximum absolute atomic E-state index is 13.0. The van der Waals surface area contributed by atoms with Crippen LogP contribution in [0.3, 0.4) is 0 Å². The SMILES string of the molecule is CC(OC(=O)[C@](C)(Cc1ccc(O)c(O)c1)NC(=O)OC(C)(C)C)N1C(=O)CCC1=O. The van der Waals surface area contributed by atoms with Gasteiger partial charge in [-0.1, -0.05) is 6.07 Å². The third kappa shape index (κ3) is 6.09. The van der Waals surface area contributed by atoms with Crippen molar-refractivity contribution < 1.29 is 38.9 Å². The van der Waals surface area contributed by atoms with Crippen molar-refractivity contribution in [3.63, 3.8) is 0 Å². The van der Waals surface area contributed by atoms with Gasteiger partial charge in [0.1, 0.15) is 11.1 Å². The van der Waals surface area contributed by atoms with Gasteiger partial charge in [-0.25, -0.2) is 14.5 Å². The fourth-order valence-electron chi connectivity index (χ4n) is 3.12. The van der Waals surface area contributed by atoms with E-state index in [2.05, 4.69) is 5.32 Å². The van der Waals surface area contributed by atoms with Crippen LogP contribution in [0.4, 0.5) is 4.79 Å². The molecule has 2 atom stereocenters. The monoisotopic (exact) mass is 436 g/mol. The number of nitrogens with zero attached hydrogens (tertiary/aromatic N) is 1. The molecule has 1 fully saturated rings. The Bertz CT molecular complexity index is 876. The van der Waals surface area contributed by atoms with Gasteiger partial charge in [-0.3, -0.25) is 9.59 Å². The number of carbonyl (C=O) groups is 4. The summed E-state index contributed by atoms with van der Waals surface area (Å²) in [4.78, 5) is 50.2. The Labute approximate surface area is 180 Å². The second-order valence-electron chi connectivity index (χ2n) is 8.62. The van der Waals surface area contributed by atoms with Gasteiger partial charge in [0, 0.05) is 19.3 Å². The van der Waals surface area contributed by atoms with Crippen LogP contribution in [0.25, 0.3) is 0 Å². The number of hydrogen-bond acceptors (Lipinski definition) is 8. The molecule has 170 valence electrons. The van der Waals surface area contributed by atoms with Crippen LogP contribution < -0.4 is 5.32 Å². The van der Waals surface area contributed by atoms with Crippen molar-refractivity contribution in [2.24, 2.45) is 0 Å². The number of hydrogen-bond donors (Lipinski definition) is 3. The molecule has 31 heavy (non-hydrogen) atoms. The molecule has 0 saturated carbocycles. The summed E-state index contributed by atoms with van der Waals surface area (Å²) >= 11 is 0. The molecule has 1 aliphatic rings. The highest BCUT2D eigenvalue weighted by atomic mass is 16.6. The molecule has 3 N–H and O–H groups in total. The first-order valence-corrected chi connectivity index (χ1v) is 9.80. The van der Waals surface area contributed by atoms with Crippen LogP contribution in [0.5, 0.6) is 11.5 Å². The number of phenolic OH excluding ortho intramolecular Hbond substituents is 2. The zero-order valence-electron chi connectivity index (χ0n) is 18.2. The Morgan fingerprint density at radius 3 is 2.19 bits per heavy atom. The number of ether oxygens (including phenoxy) is 2. The Morgan fingerprint density at radius 1 is 1.10 bits per heavy atom. The minimum atomic E-state index is -1.67. The third-order valence-electron chi connectivity index (χ3n) is 4.56. The molecule has 1 aromatic rings. The van der Waals surface area contributed by atoms with Gasteiger partial charge in [-0.2, -0.15) is 0 Å². The number of amides is 3. The minimum Gasteiger partial charge on any atom is -0.504 e. The Hall–Kier alpha value is -3.30. The van der Waals surface area contributed by atoms with Crippen LogP contribution in [0.15, 0.2) is 18.2 Å². The zero-order chi connectivity index (χ0) is 23.6. The van der Waals surface area contributed by atoms with E-state index in [4.69, 9.17) is 9.47 Å². The molecule has 3 amide bonds. The number of alkyl carbamates (subject to hydrolysis) is 1. The van der Waals surface area contributed by atoms with E-state index in [0.29, 0.717) is 5.56 Å². The summed E-state index contributed by atoms with van der Waals surface area (Å²) in [6.45, 7) is 7.76. The number of phenols is 2. The molecule has 1 saturated heterocycles. The lowest BCUT2D eigenvalue weighted by Crippen LogP contribution is -2.57. The summed E-state index contributed by atoms with van der Waals surface area (Å²) < 4.78 is 10.6. The Kier molecular flexibility index (Phi) is 6.83. The number of aromatic hydroxyl groups is 2. The largest absolute Gasteiger partial charge is 0.504 e. The van der Waals surface area contributed by atoms with Crippen LogP contribution in [0.2, 0.25) is 0 Å². The van der Waals surface area contributed by atoms with Crippen LogP contribution >= 0.6 is 0 Å². The minimum absolute atomic E-state index is 0.0426. The van der Waals surface area contributed by atoms with Gasteiger partial charge in [-0.15, -0.1) is 0 Å².